The Morgan fingerprint density at radius 2 is 1.58 bits per heavy atom. The van der Waals surface area contributed by atoms with Gasteiger partial charge in [0.25, 0.3) is 0 Å². The molecule has 38 heavy (non-hydrogen) atoms. The minimum absolute atomic E-state index is 0.0567. The number of thioether (sulfide) groups is 1. The maximum absolute atomic E-state index is 14.1. The lowest BCUT2D eigenvalue weighted by Gasteiger charge is -2.56. The topological polar surface area (TPSA) is 52.6 Å². The molecule has 0 heterocycles. The van der Waals surface area contributed by atoms with Gasteiger partial charge in [-0.05, 0) is 73.9 Å². The average Bonchev–Trinajstić information content (AvgIpc) is 2.74. The second kappa shape index (κ2) is 11.2. The summed E-state index contributed by atoms with van der Waals surface area (Å²) in [5.41, 5.74) is -3.31. The smallest absolute Gasteiger partial charge is 0.426 e. The Balaban J connectivity index is 2.50. The highest BCUT2D eigenvalue weighted by molar-refractivity contribution is 7.98. The third-order valence-electron chi connectivity index (χ3n) is 9.62. The molecule has 0 aromatic rings. The van der Waals surface area contributed by atoms with Crippen LogP contribution in [0.5, 0.6) is 0 Å². The lowest BCUT2D eigenvalue weighted by molar-refractivity contribution is -0.231. The van der Waals surface area contributed by atoms with Gasteiger partial charge in [-0.15, -0.1) is 0 Å². The molecule has 0 aromatic heterocycles. The van der Waals surface area contributed by atoms with Crippen molar-refractivity contribution in [3.63, 3.8) is 0 Å². The first kappa shape index (κ1) is 33.3. The number of fused-ring (bicyclic) bond motifs is 2. The largest absolute Gasteiger partial charge is 0.459 e. The van der Waals surface area contributed by atoms with Gasteiger partial charge >= 0.3 is 18.1 Å². The first-order valence-electron chi connectivity index (χ1n) is 14.0. The molecule has 0 aromatic carbocycles. The van der Waals surface area contributed by atoms with Crippen molar-refractivity contribution >= 4 is 23.7 Å². The highest BCUT2D eigenvalue weighted by atomic mass is 32.2. The van der Waals surface area contributed by atoms with E-state index in [0.717, 1.165) is 11.8 Å². The van der Waals surface area contributed by atoms with E-state index >= 15 is 0 Å². The van der Waals surface area contributed by atoms with Crippen molar-refractivity contribution in [2.75, 3.05) is 12.0 Å². The lowest BCUT2D eigenvalue weighted by Crippen LogP contribution is -2.58. The average molecular weight is 565 g/mol. The summed E-state index contributed by atoms with van der Waals surface area (Å²) < 4.78 is 52.8. The molecule has 0 N–H and O–H groups in total. The van der Waals surface area contributed by atoms with Gasteiger partial charge in [-0.3, -0.25) is 9.59 Å². The fourth-order valence-corrected chi connectivity index (χ4v) is 7.44. The van der Waals surface area contributed by atoms with Crippen LogP contribution in [0.3, 0.4) is 0 Å². The second-order valence-corrected chi connectivity index (χ2v) is 15.7. The maximum Gasteiger partial charge on any atom is 0.426 e. The summed E-state index contributed by atoms with van der Waals surface area (Å²) in [5, 5.41) is 0. The molecule has 8 heteroatoms. The van der Waals surface area contributed by atoms with Gasteiger partial charge < -0.3 is 9.47 Å². The van der Waals surface area contributed by atoms with E-state index in [9.17, 15) is 22.8 Å². The molecule has 4 nitrogen and oxygen atoms in total. The standard InChI is InChI=1S/C30H51F3O4S/c1-12-28(24(35)36-22(16-38-11)30(31,32)33)14-21-15-29(18-28,13-19(2)20(21)3)37-23(34)27(10,26(7,8)9)17-25(4,5)6/h19-22H,12-18H2,1-11H3. The molecule has 2 saturated carbocycles. The number of halogens is 3. The Labute approximate surface area is 232 Å². The molecule has 0 amide bonds. The number of rotatable bonds is 8. The van der Waals surface area contributed by atoms with E-state index in [4.69, 9.17) is 9.47 Å². The molecular formula is C30H51F3O4S. The fraction of sp³-hybridized carbons (Fsp3) is 0.933. The van der Waals surface area contributed by atoms with Crippen molar-refractivity contribution in [1.29, 1.82) is 0 Å². The number of carbonyl (C=O) groups excluding carboxylic acids is 2. The van der Waals surface area contributed by atoms with Crippen LogP contribution in [0.4, 0.5) is 13.2 Å². The van der Waals surface area contributed by atoms with Crippen LogP contribution in [0.15, 0.2) is 0 Å². The zero-order chi connectivity index (χ0) is 29.5. The number of alkyl halides is 3. The number of hydrogen-bond acceptors (Lipinski definition) is 5. The minimum atomic E-state index is -4.63. The Bertz CT molecular complexity index is 857. The molecule has 2 aliphatic rings. The quantitative estimate of drug-likeness (QED) is 0.277. The summed E-state index contributed by atoms with van der Waals surface area (Å²) in [6.45, 7) is 20.5. The first-order chi connectivity index (χ1) is 17.0. The third-order valence-corrected chi connectivity index (χ3v) is 10.3. The van der Waals surface area contributed by atoms with Gasteiger partial charge in [0.05, 0.1) is 10.8 Å². The summed E-state index contributed by atoms with van der Waals surface area (Å²) in [5.74, 6) is -0.860. The van der Waals surface area contributed by atoms with Crippen LogP contribution >= 0.6 is 11.8 Å². The van der Waals surface area contributed by atoms with Crippen LogP contribution in [0.25, 0.3) is 0 Å². The predicted molar refractivity (Wildman–Crippen MR) is 148 cm³/mol. The summed E-state index contributed by atoms with van der Waals surface area (Å²) in [7, 11) is 0. The van der Waals surface area contributed by atoms with Gasteiger partial charge in [-0.25, -0.2) is 0 Å². The van der Waals surface area contributed by atoms with Crippen molar-refractivity contribution < 1.29 is 32.2 Å². The van der Waals surface area contributed by atoms with Crippen molar-refractivity contribution in [2.45, 2.75) is 126 Å². The zero-order valence-corrected chi connectivity index (χ0v) is 26.3. The number of esters is 2. The van der Waals surface area contributed by atoms with Crippen LogP contribution < -0.4 is 0 Å². The van der Waals surface area contributed by atoms with Gasteiger partial charge in [0.1, 0.15) is 5.60 Å². The number of ether oxygens (including phenoxy) is 2. The van der Waals surface area contributed by atoms with Crippen molar-refractivity contribution in [3.05, 3.63) is 0 Å². The van der Waals surface area contributed by atoms with Crippen LogP contribution in [0.2, 0.25) is 0 Å². The SMILES string of the molecule is CCC1(C(=O)OC(CSC)C(F)(F)F)CC2CC(OC(=O)C(C)(CC(C)(C)C)C(C)(C)C)(CC(C)C2C)C1. The molecule has 0 saturated heterocycles. The van der Waals surface area contributed by atoms with Gasteiger partial charge in [-0.1, -0.05) is 62.3 Å². The molecular weight excluding hydrogens is 513 g/mol. The molecule has 2 aliphatic carbocycles. The van der Waals surface area contributed by atoms with Crippen molar-refractivity contribution in [3.8, 4) is 0 Å². The Morgan fingerprint density at radius 1 is 1.00 bits per heavy atom. The lowest BCUT2D eigenvalue weighted by atomic mass is 9.53. The number of hydrogen-bond donors (Lipinski definition) is 0. The molecule has 222 valence electrons. The van der Waals surface area contributed by atoms with E-state index in [1.165, 1.54) is 0 Å². The third kappa shape index (κ3) is 7.04. The van der Waals surface area contributed by atoms with Gasteiger partial charge in [0.15, 0.2) is 0 Å². The molecule has 7 unspecified atom stereocenters. The van der Waals surface area contributed by atoms with Crippen molar-refractivity contribution in [1.82, 2.24) is 0 Å². The van der Waals surface area contributed by atoms with Crippen LogP contribution in [-0.4, -0.2) is 41.8 Å². The first-order valence-corrected chi connectivity index (χ1v) is 15.4. The van der Waals surface area contributed by atoms with E-state index in [0.29, 0.717) is 32.1 Å². The molecule has 7 atom stereocenters. The Morgan fingerprint density at radius 3 is 2.03 bits per heavy atom. The molecule has 0 aliphatic heterocycles. The van der Waals surface area contributed by atoms with Gasteiger partial charge in [-0.2, -0.15) is 24.9 Å². The Kier molecular flexibility index (Phi) is 9.77. The van der Waals surface area contributed by atoms with Crippen LogP contribution in [0.1, 0.15) is 108 Å². The van der Waals surface area contributed by atoms with E-state index in [1.54, 1.807) is 6.26 Å². The summed E-state index contributed by atoms with van der Waals surface area (Å²) in [4.78, 5) is 27.7. The Hall–Kier alpha value is -0.920. The number of carbonyl (C=O) groups is 2. The summed E-state index contributed by atoms with van der Waals surface area (Å²) >= 11 is 1.000. The molecule has 0 spiro atoms. The van der Waals surface area contributed by atoms with E-state index in [-0.39, 0.29) is 46.7 Å². The maximum atomic E-state index is 14.1. The predicted octanol–water partition coefficient (Wildman–Crippen LogP) is 8.47. The van der Waals surface area contributed by atoms with E-state index < -0.39 is 34.7 Å². The van der Waals surface area contributed by atoms with Crippen LogP contribution in [-0.2, 0) is 19.1 Å². The van der Waals surface area contributed by atoms with E-state index in [1.807, 2.05) is 34.6 Å². The normalized spacial score (nSPS) is 32.7. The van der Waals surface area contributed by atoms with Crippen LogP contribution in [0, 0.1) is 39.4 Å². The van der Waals surface area contributed by atoms with Gasteiger partial charge in [0.2, 0.25) is 6.10 Å². The fourth-order valence-electron chi connectivity index (χ4n) is 6.88. The molecule has 0 radical (unpaired) electrons. The summed E-state index contributed by atoms with van der Waals surface area (Å²) in [6, 6.07) is 0. The van der Waals surface area contributed by atoms with E-state index in [2.05, 4.69) is 34.6 Å². The zero-order valence-electron chi connectivity index (χ0n) is 25.4. The van der Waals surface area contributed by atoms with Gasteiger partial charge in [0, 0.05) is 12.2 Å². The molecule has 2 bridgehead atoms. The summed E-state index contributed by atoms with van der Waals surface area (Å²) in [6.07, 6.45) is -2.39. The highest BCUT2D eigenvalue weighted by Crippen LogP contribution is 2.59. The molecule has 2 rings (SSSR count). The molecule has 2 fully saturated rings. The second-order valence-electron chi connectivity index (χ2n) is 14.8. The monoisotopic (exact) mass is 564 g/mol. The van der Waals surface area contributed by atoms with Crippen molar-refractivity contribution in [2.24, 2.45) is 39.4 Å². The highest BCUT2D eigenvalue weighted by Gasteiger charge is 2.61. The minimum Gasteiger partial charge on any atom is -0.459 e.